The summed E-state index contributed by atoms with van der Waals surface area (Å²) in [6.07, 6.45) is 4.54. The first-order valence-electron chi connectivity index (χ1n) is 6.39. The van der Waals surface area contributed by atoms with Gasteiger partial charge in [-0.2, -0.15) is 0 Å². The molecule has 18 heavy (non-hydrogen) atoms. The fraction of sp³-hybridized carbons (Fsp3) is 0.750. The number of methoxy groups -OCH3 is 1. The monoisotopic (exact) mass is 268 g/mol. The van der Waals surface area contributed by atoms with E-state index in [2.05, 4.69) is 17.2 Å². The highest BCUT2D eigenvalue weighted by molar-refractivity contribution is 7.80. The Hall–Kier alpha value is -1.01. The van der Waals surface area contributed by atoms with Crippen LogP contribution in [0.15, 0.2) is 0 Å². The van der Waals surface area contributed by atoms with Crippen LogP contribution in [-0.4, -0.2) is 33.7 Å². The van der Waals surface area contributed by atoms with E-state index in [1.54, 1.807) is 7.11 Å². The molecule has 2 N–H and O–H groups in total. The molecule has 1 unspecified atom stereocenters. The topological polar surface area (TPSA) is 66.0 Å². The average molecular weight is 268 g/mol. The van der Waals surface area contributed by atoms with E-state index < -0.39 is 0 Å². The van der Waals surface area contributed by atoms with Gasteiger partial charge in [0.1, 0.15) is 10.7 Å². The minimum atomic E-state index is 0.260. The molecule has 0 saturated heterocycles. The highest BCUT2D eigenvalue weighted by Crippen LogP contribution is 2.38. The molecule has 1 saturated carbocycles. The third-order valence-corrected chi connectivity index (χ3v) is 3.81. The zero-order valence-corrected chi connectivity index (χ0v) is 11.7. The van der Waals surface area contributed by atoms with Crippen molar-refractivity contribution >= 4 is 17.2 Å². The molecule has 1 fully saturated rings. The lowest BCUT2D eigenvalue weighted by atomic mass is 9.82. The Bertz CT molecular complexity index is 428. The first-order chi connectivity index (χ1) is 8.65. The van der Waals surface area contributed by atoms with Crippen LogP contribution >= 0.6 is 12.2 Å². The van der Waals surface area contributed by atoms with Crippen molar-refractivity contribution in [2.75, 3.05) is 13.7 Å². The van der Waals surface area contributed by atoms with E-state index in [1.165, 1.54) is 19.3 Å². The highest BCUT2D eigenvalue weighted by atomic mass is 32.1. The van der Waals surface area contributed by atoms with Crippen LogP contribution in [0.2, 0.25) is 0 Å². The summed E-state index contributed by atoms with van der Waals surface area (Å²) in [6.45, 7) is 2.84. The number of ether oxygens (including phenoxy) is 1. The Balaban J connectivity index is 2.25. The second-order valence-electron chi connectivity index (χ2n) is 4.89. The molecule has 0 radical (unpaired) electrons. The number of hydrogen-bond donors (Lipinski definition) is 1. The summed E-state index contributed by atoms with van der Waals surface area (Å²) >= 11 is 5.07. The Labute approximate surface area is 113 Å². The van der Waals surface area contributed by atoms with Crippen molar-refractivity contribution in [2.45, 2.75) is 44.6 Å². The molecule has 5 nitrogen and oxygen atoms in total. The lowest BCUT2D eigenvalue weighted by Crippen LogP contribution is -2.22. The Morgan fingerprint density at radius 3 is 2.83 bits per heavy atom. The molecule has 1 aliphatic rings. The third kappa shape index (κ3) is 2.54. The number of nitrogens with two attached hydrogens (primary N) is 1. The normalized spacial score (nSPS) is 17.4. The second-order valence-corrected chi connectivity index (χ2v) is 5.33. The zero-order valence-electron chi connectivity index (χ0n) is 10.9. The van der Waals surface area contributed by atoms with Crippen molar-refractivity contribution in [1.82, 2.24) is 15.0 Å². The van der Waals surface area contributed by atoms with Gasteiger partial charge in [0.25, 0.3) is 0 Å². The summed E-state index contributed by atoms with van der Waals surface area (Å²) in [5.74, 6) is 0.515. The van der Waals surface area contributed by atoms with Gasteiger partial charge in [-0.05, 0) is 26.2 Å². The van der Waals surface area contributed by atoms with E-state index in [1.807, 2.05) is 4.68 Å². The van der Waals surface area contributed by atoms with E-state index in [4.69, 9.17) is 22.7 Å². The summed E-state index contributed by atoms with van der Waals surface area (Å²) in [5.41, 5.74) is 7.57. The molecule has 1 aromatic heterocycles. The van der Waals surface area contributed by atoms with Crippen molar-refractivity contribution in [2.24, 2.45) is 5.73 Å². The van der Waals surface area contributed by atoms with Gasteiger partial charge in [0.15, 0.2) is 0 Å². The number of hydrogen-bond acceptors (Lipinski definition) is 4. The van der Waals surface area contributed by atoms with Gasteiger partial charge in [-0.25, -0.2) is 4.68 Å². The zero-order chi connectivity index (χ0) is 13.1. The summed E-state index contributed by atoms with van der Waals surface area (Å²) < 4.78 is 7.10. The summed E-state index contributed by atoms with van der Waals surface area (Å²) in [7, 11) is 1.71. The van der Waals surface area contributed by atoms with Gasteiger partial charge in [0.2, 0.25) is 0 Å². The molecule has 0 aliphatic heterocycles. The van der Waals surface area contributed by atoms with E-state index in [0.29, 0.717) is 23.2 Å². The lowest BCUT2D eigenvalue weighted by molar-refractivity contribution is 0.176. The lowest BCUT2D eigenvalue weighted by Gasteiger charge is -2.28. The van der Waals surface area contributed by atoms with Gasteiger partial charge < -0.3 is 10.5 Å². The Morgan fingerprint density at radius 2 is 2.33 bits per heavy atom. The van der Waals surface area contributed by atoms with Crippen molar-refractivity contribution in [3.63, 3.8) is 0 Å². The van der Waals surface area contributed by atoms with Gasteiger partial charge in [-0.1, -0.05) is 23.9 Å². The number of nitrogens with zero attached hydrogens (tertiary/aromatic N) is 3. The van der Waals surface area contributed by atoms with Gasteiger partial charge in [0.05, 0.1) is 11.7 Å². The Kier molecular flexibility index (Phi) is 4.29. The van der Waals surface area contributed by atoms with Gasteiger partial charge >= 0.3 is 0 Å². The van der Waals surface area contributed by atoms with Gasteiger partial charge in [-0.15, -0.1) is 5.10 Å². The van der Waals surface area contributed by atoms with Gasteiger partial charge in [-0.3, -0.25) is 0 Å². The van der Waals surface area contributed by atoms with Crippen molar-refractivity contribution in [3.8, 4) is 0 Å². The smallest absolute Gasteiger partial charge is 0.143 e. The maximum atomic E-state index is 5.74. The van der Waals surface area contributed by atoms with Crippen LogP contribution < -0.4 is 5.73 Å². The fourth-order valence-electron chi connectivity index (χ4n) is 2.27. The SMILES string of the molecule is COCCC(C)n1nnc(C(N)=S)c1C1CCC1. The highest BCUT2D eigenvalue weighted by Gasteiger charge is 2.29. The summed E-state index contributed by atoms with van der Waals surface area (Å²) in [5, 5.41) is 8.39. The molecule has 100 valence electrons. The summed E-state index contributed by atoms with van der Waals surface area (Å²) in [6, 6.07) is 0.260. The largest absolute Gasteiger partial charge is 0.388 e. The minimum Gasteiger partial charge on any atom is -0.388 e. The Morgan fingerprint density at radius 1 is 1.61 bits per heavy atom. The molecule has 1 atom stereocenters. The van der Waals surface area contributed by atoms with E-state index in [-0.39, 0.29) is 6.04 Å². The van der Waals surface area contributed by atoms with Gasteiger partial charge in [0, 0.05) is 19.6 Å². The molecule has 1 aliphatic carbocycles. The molecule has 0 aromatic carbocycles. The molecule has 2 rings (SSSR count). The van der Waals surface area contributed by atoms with Crippen LogP contribution in [0.3, 0.4) is 0 Å². The second kappa shape index (κ2) is 5.75. The molecular formula is C12H20N4OS. The molecule has 1 aromatic rings. The van der Waals surface area contributed by atoms with Crippen LogP contribution in [0.25, 0.3) is 0 Å². The quantitative estimate of drug-likeness (QED) is 0.797. The minimum absolute atomic E-state index is 0.260. The summed E-state index contributed by atoms with van der Waals surface area (Å²) in [4.78, 5) is 0.349. The standard InChI is InChI=1S/C12H20N4OS/c1-8(6-7-17-2)16-11(9-4-3-5-9)10(12(13)18)14-15-16/h8-9H,3-7H2,1-2H3,(H2,13,18). The van der Waals surface area contributed by atoms with Crippen LogP contribution in [-0.2, 0) is 4.74 Å². The molecule has 1 heterocycles. The first-order valence-corrected chi connectivity index (χ1v) is 6.79. The maximum absolute atomic E-state index is 5.74. The number of rotatable bonds is 6. The number of thiocarbonyl (C=S) groups is 1. The molecular weight excluding hydrogens is 248 g/mol. The first kappa shape index (κ1) is 13.4. The van der Waals surface area contributed by atoms with Crippen LogP contribution in [0.5, 0.6) is 0 Å². The predicted octanol–water partition coefficient (Wildman–Crippen LogP) is 1.78. The predicted molar refractivity (Wildman–Crippen MR) is 73.7 cm³/mol. The fourth-order valence-corrected chi connectivity index (χ4v) is 2.42. The van der Waals surface area contributed by atoms with Crippen LogP contribution in [0.1, 0.15) is 56.0 Å². The number of aromatic nitrogens is 3. The van der Waals surface area contributed by atoms with E-state index in [0.717, 1.165) is 12.1 Å². The van der Waals surface area contributed by atoms with Crippen molar-refractivity contribution < 1.29 is 4.74 Å². The molecule has 0 spiro atoms. The molecule has 6 heteroatoms. The van der Waals surface area contributed by atoms with Crippen LogP contribution in [0, 0.1) is 0 Å². The maximum Gasteiger partial charge on any atom is 0.143 e. The van der Waals surface area contributed by atoms with E-state index in [9.17, 15) is 0 Å². The third-order valence-electron chi connectivity index (χ3n) is 3.61. The van der Waals surface area contributed by atoms with Crippen LogP contribution in [0.4, 0.5) is 0 Å². The average Bonchev–Trinajstić information content (AvgIpc) is 2.68. The van der Waals surface area contributed by atoms with E-state index >= 15 is 0 Å². The van der Waals surface area contributed by atoms with Crippen molar-refractivity contribution in [1.29, 1.82) is 0 Å². The van der Waals surface area contributed by atoms with Crippen molar-refractivity contribution in [3.05, 3.63) is 11.4 Å². The molecule has 0 amide bonds. The molecule has 0 bridgehead atoms.